The topological polar surface area (TPSA) is 12.0 Å². The molecule has 1 atom stereocenters. The van der Waals surface area contributed by atoms with E-state index in [0.717, 1.165) is 12.5 Å². The minimum atomic E-state index is 0.565. The van der Waals surface area contributed by atoms with Crippen molar-refractivity contribution in [2.24, 2.45) is 5.92 Å². The molecule has 1 aliphatic rings. The van der Waals surface area contributed by atoms with E-state index in [0.29, 0.717) is 6.04 Å². The van der Waals surface area contributed by atoms with E-state index in [1.54, 1.807) is 0 Å². The Morgan fingerprint density at radius 2 is 2.00 bits per heavy atom. The highest BCUT2D eigenvalue weighted by Gasteiger charge is 2.25. The molecule has 0 amide bonds. The summed E-state index contributed by atoms with van der Waals surface area (Å²) in [5.74, 6) is 0.827. The number of halogens is 1. The molecule has 1 nitrogen and oxygen atoms in total. The van der Waals surface area contributed by atoms with Gasteiger partial charge in [0.25, 0.3) is 0 Å². The number of hydrogen-bond donors (Lipinski definition) is 1. The molecule has 1 saturated carbocycles. The van der Waals surface area contributed by atoms with Crippen LogP contribution in [0.25, 0.3) is 0 Å². The summed E-state index contributed by atoms with van der Waals surface area (Å²) in [4.78, 5) is 1.47. The van der Waals surface area contributed by atoms with Gasteiger partial charge in [-0.05, 0) is 59.8 Å². The number of rotatable bonds is 4. The van der Waals surface area contributed by atoms with E-state index in [1.807, 2.05) is 11.3 Å². The second-order valence-corrected chi connectivity index (χ2v) is 7.98. The zero-order valence-electron chi connectivity index (χ0n) is 11.5. The third-order valence-corrected chi connectivity index (χ3v) is 5.63. The Kier molecular flexibility index (Phi) is 5.71. The van der Waals surface area contributed by atoms with Gasteiger partial charge in [0.05, 0.1) is 3.79 Å². The van der Waals surface area contributed by atoms with Crippen molar-refractivity contribution < 1.29 is 0 Å². The molecule has 1 N–H and O–H groups in total. The first-order valence-electron chi connectivity index (χ1n) is 7.21. The van der Waals surface area contributed by atoms with Crippen molar-refractivity contribution in [1.29, 1.82) is 0 Å². The molecular formula is C15H24BrNS. The van der Waals surface area contributed by atoms with E-state index in [4.69, 9.17) is 0 Å². The lowest BCUT2D eigenvalue weighted by Crippen LogP contribution is -2.28. The van der Waals surface area contributed by atoms with E-state index in [-0.39, 0.29) is 0 Å². The van der Waals surface area contributed by atoms with Crippen molar-refractivity contribution >= 4 is 27.3 Å². The number of hydrogen-bond acceptors (Lipinski definition) is 2. The van der Waals surface area contributed by atoms with Crippen molar-refractivity contribution in [2.45, 2.75) is 58.4 Å². The van der Waals surface area contributed by atoms with Crippen molar-refractivity contribution in [3.05, 3.63) is 20.3 Å². The van der Waals surface area contributed by atoms with E-state index < -0.39 is 0 Å². The monoisotopic (exact) mass is 329 g/mol. The second-order valence-electron chi connectivity index (χ2n) is 5.35. The van der Waals surface area contributed by atoms with Crippen molar-refractivity contribution in [1.82, 2.24) is 5.32 Å². The van der Waals surface area contributed by atoms with Gasteiger partial charge < -0.3 is 5.32 Å². The fourth-order valence-corrected chi connectivity index (χ4v) is 4.92. The maximum absolute atomic E-state index is 3.74. The first-order chi connectivity index (χ1) is 8.72. The van der Waals surface area contributed by atoms with Gasteiger partial charge in [0, 0.05) is 10.9 Å². The Labute approximate surface area is 123 Å². The zero-order valence-corrected chi connectivity index (χ0v) is 13.9. The van der Waals surface area contributed by atoms with Gasteiger partial charge in [0.2, 0.25) is 0 Å². The van der Waals surface area contributed by atoms with Gasteiger partial charge in [0.1, 0.15) is 0 Å². The molecule has 0 aliphatic heterocycles. The SMILES string of the molecule is CCNC(c1cc(Br)sc1C)C1CCCCCC1. The molecule has 1 heterocycles. The van der Waals surface area contributed by atoms with Crippen LogP contribution >= 0.6 is 27.3 Å². The smallest absolute Gasteiger partial charge is 0.0704 e. The van der Waals surface area contributed by atoms with Crippen LogP contribution in [0.2, 0.25) is 0 Å². The predicted molar refractivity (Wildman–Crippen MR) is 84.4 cm³/mol. The molecule has 2 rings (SSSR count). The fraction of sp³-hybridized carbons (Fsp3) is 0.733. The van der Waals surface area contributed by atoms with E-state index in [2.05, 4.69) is 41.2 Å². The van der Waals surface area contributed by atoms with Gasteiger partial charge in [-0.15, -0.1) is 11.3 Å². The summed E-state index contributed by atoms with van der Waals surface area (Å²) in [6, 6.07) is 2.90. The molecule has 0 aromatic carbocycles. The summed E-state index contributed by atoms with van der Waals surface area (Å²) in [5, 5.41) is 3.74. The summed E-state index contributed by atoms with van der Waals surface area (Å²) in [5.41, 5.74) is 1.53. The molecule has 1 aromatic rings. The molecule has 1 aliphatic carbocycles. The molecule has 0 spiro atoms. The maximum atomic E-state index is 3.74. The minimum absolute atomic E-state index is 0.565. The minimum Gasteiger partial charge on any atom is -0.310 e. The summed E-state index contributed by atoms with van der Waals surface area (Å²) < 4.78 is 1.27. The standard InChI is InChI=1S/C15H24BrNS/c1-3-17-15(12-8-6-4-5-7-9-12)13-10-14(16)18-11(13)2/h10,12,15,17H,3-9H2,1-2H3. The molecule has 1 fully saturated rings. The highest BCUT2D eigenvalue weighted by Crippen LogP contribution is 2.38. The lowest BCUT2D eigenvalue weighted by molar-refractivity contribution is 0.330. The average Bonchev–Trinajstić information content (AvgIpc) is 2.58. The largest absolute Gasteiger partial charge is 0.310 e. The summed E-state index contributed by atoms with van der Waals surface area (Å²) in [6.07, 6.45) is 8.48. The molecule has 18 heavy (non-hydrogen) atoms. The Hall–Kier alpha value is 0.140. The Morgan fingerprint density at radius 1 is 1.33 bits per heavy atom. The maximum Gasteiger partial charge on any atom is 0.0704 e. The summed E-state index contributed by atoms with van der Waals surface area (Å²) in [6.45, 7) is 5.54. The van der Waals surface area contributed by atoms with Crippen LogP contribution in [-0.4, -0.2) is 6.54 Å². The third kappa shape index (κ3) is 3.58. The van der Waals surface area contributed by atoms with Crippen LogP contribution in [0.3, 0.4) is 0 Å². The summed E-state index contributed by atoms with van der Waals surface area (Å²) >= 11 is 5.50. The predicted octanol–water partition coefficient (Wildman–Crippen LogP) is 5.44. The van der Waals surface area contributed by atoms with Crippen LogP contribution < -0.4 is 5.32 Å². The second kappa shape index (κ2) is 7.06. The highest BCUT2D eigenvalue weighted by atomic mass is 79.9. The first kappa shape index (κ1) is 14.5. The van der Waals surface area contributed by atoms with Crippen LogP contribution in [0.1, 0.15) is 61.9 Å². The van der Waals surface area contributed by atoms with E-state index in [9.17, 15) is 0 Å². The molecule has 102 valence electrons. The molecule has 1 aromatic heterocycles. The van der Waals surface area contributed by atoms with Crippen LogP contribution in [0, 0.1) is 12.8 Å². The number of aryl methyl sites for hydroxylation is 1. The van der Waals surface area contributed by atoms with Gasteiger partial charge in [-0.3, -0.25) is 0 Å². The fourth-order valence-electron chi connectivity index (χ4n) is 3.16. The van der Waals surface area contributed by atoms with Gasteiger partial charge in [-0.25, -0.2) is 0 Å². The lowest BCUT2D eigenvalue weighted by atomic mass is 9.87. The van der Waals surface area contributed by atoms with Crippen LogP contribution in [-0.2, 0) is 0 Å². The third-order valence-electron chi connectivity index (χ3n) is 4.06. The van der Waals surface area contributed by atoms with Crippen LogP contribution in [0.4, 0.5) is 0 Å². The Morgan fingerprint density at radius 3 is 2.50 bits per heavy atom. The molecule has 3 heteroatoms. The lowest BCUT2D eigenvalue weighted by Gasteiger charge is -2.27. The molecule has 0 bridgehead atoms. The molecule has 0 saturated heterocycles. The Balaban J connectivity index is 2.18. The molecular weight excluding hydrogens is 306 g/mol. The van der Waals surface area contributed by atoms with Gasteiger partial charge >= 0.3 is 0 Å². The van der Waals surface area contributed by atoms with Crippen molar-refractivity contribution in [3.63, 3.8) is 0 Å². The average molecular weight is 330 g/mol. The van der Waals surface area contributed by atoms with Crippen molar-refractivity contribution in [3.8, 4) is 0 Å². The normalized spacial score (nSPS) is 19.7. The van der Waals surface area contributed by atoms with Crippen LogP contribution in [0.15, 0.2) is 9.85 Å². The molecule has 1 unspecified atom stereocenters. The van der Waals surface area contributed by atoms with Crippen LogP contribution in [0.5, 0.6) is 0 Å². The zero-order chi connectivity index (χ0) is 13.0. The van der Waals surface area contributed by atoms with Gasteiger partial charge in [-0.1, -0.05) is 32.6 Å². The highest BCUT2D eigenvalue weighted by molar-refractivity contribution is 9.11. The van der Waals surface area contributed by atoms with Crippen molar-refractivity contribution in [2.75, 3.05) is 6.54 Å². The summed E-state index contributed by atoms with van der Waals surface area (Å²) in [7, 11) is 0. The number of nitrogens with one attached hydrogen (secondary N) is 1. The Bertz CT molecular complexity index is 367. The first-order valence-corrected chi connectivity index (χ1v) is 8.82. The van der Waals surface area contributed by atoms with Gasteiger partial charge in [0.15, 0.2) is 0 Å². The number of thiophene rings is 1. The van der Waals surface area contributed by atoms with E-state index >= 15 is 0 Å². The van der Waals surface area contributed by atoms with Gasteiger partial charge in [-0.2, -0.15) is 0 Å². The molecule has 0 radical (unpaired) electrons. The van der Waals surface area contributed by atoms with E-state index in [1.165, 1.54) is 52.8 Å². The quantitative estimate of drug-likeness (QED) is 0.725.